The van der Waals surface area contributed by atoms with E-state index in [1.807, 2.05) is 22.9 Å². The zero-order chi connectivity index (χ0) is 23.4. The third-order valence-corrected chi connectivity index (χ3v) is 5.58. The van der Waals surface area contributed by atoms with Gasteiger partial charge in [-0.3, -0.25) is 4.79 Å². The average molecular weight is 449 g/mol. The van der Waals surface area contributed by atoms with Crippen molar-refractivity contribution in [2.45, 2.75) is 77.6 Å². The van der Waals surface area contributed by atoms with Crippen molar-refractivity contribution < 1.29 is 18.0 Å². The second-order valence-corrected chi connectivity index (χ2v) is 8.26. The van der Waals surface area contributed by atoms with Gasteiger partial charge in [0.05, 0.1) is 12.1 Å². The number of hydrogen-bond acceptors (Lipinski definition) is 1. The van der Waals surface area contributed by atoms with Gasteiger partial charge in [-0.2, -0.15) is 13.2 Å². The monoisotopic (exact) mass is 448 g/mol. The first-order valence-electron chi connectivity index (χ1n) is 11.5. The van der Waals surface area contributed by atoms with Gasteiger partial charge in [-0.25, -0.2) is 0 Å². The first-order chi connectivity index (χ1) is 15.3. The van der Waals surface area contributed by atoms with Crippen molar-refractivity contribution in [3.05, 3.63) is 72.1 Å². The number of hydrogen-bond donors (Lipinski definition) is 0. The summed E-state index contributed by atoms with van der Waals surface area (Å²) in [6.07, 6.45) is 7.77. The van der Waals surface area contributed by atoms with Crippen LogP contribution in [0.25, 0.3) is 0 Å². The van der Waals surface area contributed by atoms with Gasteiger partial charge in [-0.1, -0.05) is 63.7 Å². The Kier molecular flexibility index (Phi) is 10.6. The molecule has 1 heterocycles. The molecule has 2 aromatic rings. The summed E-state index contributed by atoms with van der Waals surface area (Å²) in [5.41, 5.74) is 0.806. The van der Waals surface area contributed by atoms with Crippen molar-refractivity contribution in [3.63, 3.8) is 0 Å². The quantitative estimate of drug-likeness (QED) is 0.221. The Labute approximate surface area is 189 Å². The second kappa shape index (κ2) is 13.1. The van der Waals surface area contributed by atoms with E-state index in [1.165, 1.54) is 37.8 Å². The number of unbranched alkanes of at least 4 members (excludes halogenated alkanes) is 6. The highest BCUT2D eigenvalue weighted by Crippen LogP contribution is 2.29. The molecular formula is C26H35F3N2O. The molecule has 1 amide bonds. The topological polar surface area (TPSA) is 25.2 Å². The van der Waals surface area contributed by atoms with Crippen molar-refractivity contribution in [2.24, 2.45) is 0 Å². The van der Waals surface area contributed by atoms with Crippen molar-refractivity contribution >= 4 is 5.91 Å². The molecule has 3 nitrogen and oxygen atoms in total. The first kappa shape index (κ1) is 25.8. The van der Waals surface area contributed by atoms with E-state index in [9.17, 15) is 18.0 Å². The van der Waals surface area contributed by atoms with Gasteiger partial charge >= 0.3 is 6.18 Å². The maximum atomic E-state index is 13.0. The van der Waals surface area contributed by atoms with Crippen LogP contribution in [0.4, 0.5) is 13.2 Å². The van der Waals surface area contributed by atoms with Gasteiger partial charge < -0.3 is 9.47 Å². The minimum absolute atomic E-state index is 0.0882. The molecule has 176 valence electrons. The van der Waals surface area contributed by atoms with E-state index in [-0.39, 0.29) is 5.91 Å². The zero-order valence-corrected chi connectivity index (χ0v) is 19.0. The van der Waals surface area contributed by atoms with Crippen LogP contribution in [0.2, 0.25) is 0 Å². The highest BCUT2D eigenvalue weighted by molar-refractivity contribution is 5.76. The van der Waals surface area contributed by atoms with Crippen LogP contribution in [0.1, 0.15) is 75.1 Å². The second-order valence-electron chi connectivity index (χ2n) is 8.26. The van der Waals surface area contributed by atoms with Crippen LogP contribution >= 0.6 is 0 Å². The molecule has 0 N–H and O–H groups in total. The molecule has 2 rings (SSSR count). The molecule has 0 radical (unpaired) electrons. The number of rotatable bonds is 14. The van der Waals surface area contributed by atoms with Crippen LogP contribution in [0.5, 0.6) is 0 Å². The summed E-state index contributed by atoms with van der Waals surface area (Å²) < 4.78 is 40.9. The Hall–Kier alpha value is -2.50. The Morgan fingerprint density at radius 1 is 1.06 bits per heavy atom. The molecule has 0 aliphatic rings. The van der Waals surface area contributed by atoms with Gasteiger partial charge in [-0.15, -0.1) is 6.58 Å². The van der Waals surface area contributed by atoms with Crippen LogP contribution < -0.4 is 0 Å². The van der Waals surface area contributed by atoms with Crippen LogP contribution in [0, 0.1) is 0 Å². The van der Waals surface area contributed by atoms with Gasteiger partial charge in [0.15, 0.2) is 0 Å². The molecule has 0 atom stereocenters. The lowest BCUT2D eigenvalue weighted by atomic mass is 10.1. The number of nitrogens with zero attached hydrogens (tertiary/aromatic N) is 2. The standard InChI is InChI=1S/C26H35F3N2O/c1-3-5-6-7-8-9-10-16-25(32)31(17-4-2)21-24-15-12-18-30(24)20-22-13-11-14-23(19-22)26(27,28)29/h4,11-15,18-19H,2-3,5-10,16-17,20-21H2,1H3. The first-order valence-corrected chi connectivity index (χ1v) is 11.5. The molecule has 0 unspecified atom stereocenters. The molecule has 0 aliphatic carbocycles. The molecule has 6 heteroatoms. The van der Waals surface area contributed by atoms with E-state index in [4.69, 9.17) is 0 Å². The molecule has 32 heavy (non-hydrogen) atoms. The molecule has 0 bridgehead atoms. The number of halogens is 3. The number of aromatic nitrogens is 1. The van der Waals surface area contributed by atoms with Crippen LogP contribution in [0.3, 0.4) is 0 Å². The molecule has 1 aromatic heterocycles. The summed E-state index contributed by atoms with van der Waals surface area (Å²) >= 11 is 0. The smallest absolute Gasteiger partial charge is 0.345 e. The minimum atomic E-state index is -4.36. The van der Waals surface area contributed by atoms with Gasteiger partial charge in [0, 0.05) is 31.4 Å². The van der Waals surface area contributed by atoms with E-state index >= 15 is 0 Å². The Morgan fingerprint density at radius 2 is 1.78 bits per heavy atom. The molecule has 0 saturated heterocycles. The van der Waals surface area contributed by atoms with Gasteiger partial charge in [0.1, 0.15) is 0 Å². The maximum absolute atomic E-state index is 13.0. The Bertz CT molecular complexity index is 842. The fourth-order valence-corrected chi connectivity index (χ4v) is 3.79. The minimum Gasteiger partial charge on any atom is -0.345 e. The number of carbonyl (C=O) groups is 1. The summed E-state index contributed by atoms with van der Waals surface area (Å²) in [7, 11) is 0. The lowest BCUT2D eigenvalue weighted by molar-refractivity contribution is -0.137. The molecule has 0 saturated carbocycles. The number of alkyl halides is 3. The Balaban J connectivity index is 1.94. The number of benzene rings is 1. The van der Waals surface area contributed by atoms with Crippen molar-refractivity contribution in [3.8, 4) is 0 Å². The highest BCUT2D eigenvalue weighted by Gasteiger charge is 2.30. The highest BCUT2D eigenvalue weighted by atomic mass is 19.4. The van der Waals surface area contributed by atoms with Gasteiger partial charge in [-0.05, 0) is 36.2 Å². The summed E-state index contributed by atoms with van der Waals surface area (Å²) in [4.78, 5) is 14.5. The lowest BCUT2D eigenvalue weighted by Crippen LogP contribution is -2.31. The van der Waals surface area contributed by atoms with Gasteiger partial charge in [0.25, 0.3) is 0 Å². The summed E-state index contributed by atoms with van der Waals surface area (Å²) in [5.74, 6) is 0.0882. The van der Waals surface area contributed by atoms with Crippen LogP contribution in [0.15, 0.2) is 55.3 Å². The fraction of sp³-hybridized carbons (Fsp3) is 0.500. The summed E-state index contributed by atoms with van der Waals surface area (Å²) in [5, 5.41) is 0. The predicted molar refractivity (Wildman–Crippen MR) is 123 cm³/mol. The summed E-state index contributed by atoms with van der Waals surface area (Å²) in [6.45, 7) is 7.14. The number of carbonyl (C=O) groups excluding carboxylic acids is 1. The fourth-order valence-electron chi connectivity index (χ4n) is 3.79. The van der Waals surface area contributed by atoms with Crippen molar-refractivity contribution in [1.29, 1.82) is 0 Å². The third-order valence-electron chi connectivity index (χ3n) is 5.58. The van der Waals surface area contributed by atoms with E-state index in [2.05, 4.69) is 13.5 Å². The largest absolute Gasteiger partial charge is 0.416 e. The summed E-state index contributed by atoms with van der Waals surface area (Å²) in [6, 6.07) is 9.13. The molecular weight excluding hydrogens is 413 g/mol. The zero-order valence-electron chi connectivity index (χ0n) is 19.0. The Morgan fingerprint density at radius 3 is 2.47 bits per heavy atom. The van der Waals surface area contributed by atoms with Crippen LogP contribution in [-0.4, -0.2) is 21.9 Å². The van der Waals surface area contributed by atoms with Crippen molar-refractivity contribution in [2.75, 3.05) is 6.54 Å². The SMILES string of the molecule is C=CCN(Cc1cccn1Cc1cccc(C(F)(F)F)c1)C(=O)CCCCCCCCC. The molecule has 0 fully saturated rings. The van der Waals surface area contributed by atoms with E-state index < -0.39 is 11.7 Å². The van der Waals surface area contributed by atoms with Crippen molar-refractivity contribution in [1.82, 2.24) is 9.47 Å². The van der Waals surface area contributed by atoms with E-state index in [0.29, 0.717) is 31.6 Å². The average Bonchev–Trinajstić information content (AvgIpc) is 3.18. The third kappa shape index (κ3) is 8.56. The van der Waals surface area contributed by atoms with Gasteiger partial charge in [0.2, 0.25) is 5.91 Å². The molecule has 0 spiro atoms. The van der Waals surface area contributed by atoms with E-state index in [1.54, 1.807) is 17.0 Å². The lowest BCUT2D eigenvalue weighted by Gasteiger charge is -2.22. The molecule has 1 aromatic carbocycles. The maximum Gasteiger partial charge on any atom is 0.416 e. The van der Waals surface area contributed by atoms with Crippen LogP contribution in [-0.2, 0) is 24.1 Å². The normalized spacial score (nSPS) is 11.5. The van der Waals surface area contributed by atoms with E-state index in [0.717, 1.165) is 31.0 Å². The number of amides is 1. The molecule has 0 aliphatic heterocycles. The predicted octanol–water partition coefficient (Wildman–Crippen LogP) is 7.21.